The van der Waals surface area contributed by atoms with Gasteiger partial charge in [0.2, 0.25) is 5.91 Å². The standard InChI is InChI=1S/C13H11FN2O/c1-2-9-6-13(17)16(8-9)12-5-3-4-11(14)10(12)7-15/h2-5,9H,1,6,8H2. The second-order valence-electron chi connectivity index (χ2n) is 3.95. The van der Waals surface area contributed by atoms with Gasteiger partial charge < -0.3 is 4.90 Å². The van der Waals surface area contributed by atoms with Gasteiger partial charge in [-0.15, -0.1) is 6.58 Å². The van der Waals surface area contributed by atoms with Gasteiger partial charge in [-0.3, -0.25) is 4.79 Å². The van der Waals surface area contributed by atoms with E-state index < -0.39 is 5.82 Å². The van der Waals surface area contributed by atoms with E-state index in [0.29, 0.717) is 18.7 Å². The molecule has 2 rings (SSSR count). The molecule has 86 valence electrons. The molecule has 3 nitrogen and oxygen atoms in total. The third-order valence-electron chi connectivity index (χ3n) is 2.88. The number of carbonyl (C=O) groups excluding carboxylic acids is 1. The Kier molecular flexibility index (Phi) is 2.92. The number of amides is 1. The summed E-state index contributed by atoms with van der Waals surface area (Å²) in [6.45, 7) is 4.11. The Hall–Kier alpha value is -2.15. The average molecular weight is 230 g/mol. The van der Waals surface area contributed by atoms with Crippen molar-refractivity contribution in [3.05, 3.63) is 42.2 Å². The summed E-state index contributed by atoms with van der Waals surface area (Å²) in [5.74, 6) is -0.630. The molecule has 1 aromatic carbocycles. The molecule has 1 aliphatic rings. The number of carbonyl (C=O) groups is 1. The summed E-state index contributed by atoms with van der Waals surface area (Å²) in [7, 11) is 0. The molecule has 0 aliphatic carbocycles. The molecule has 17 heavy (non-hydrogen) atoms. The largest absolute Gasteiger partial charge is 0.310 e. The van der Waals surface area contributed by atoms with E-state index in [1.807, 2.05) is 0 Å². The van der Waals surface area contributed by atoms with Crippen LogP contribution in [0.15, 0.2) is 30.9 Å². The summed E-state index contributed by atoms with van der Waals surface area (Å²) < 4.78 is 13.4. The highest BCUT2D eigenvalue weighted by molar-refractivity contribution is 5.97. The Bertz CT molecular complexity index is 519. The lowest BCUT2D eigenvalue weighted by molar-refractivity contribution is -0.117. The maximum absolute atomic E-state index is 13.4. The maximum Gasteiger partial charge on any atom is 0.227 e. The second kappa shape index (κ2) is 4.38. The van der Waals surface area contributed by atoms with E-state index in [-0.39, 0.29) is 17.4 Å². The lowest BCUT2D eigenvalue weighted by Crippen LogP contribution is -2.25. The zero-order chi connectivity index (χ0) is 12.4. The molecule has 0 bridgehead atoms. The van der Waals surface area contributed by atoms with Gasteiger partial charge in [0.1, 0.15) is 17.4 Å². The van der Waals surface area contributed by atoms with Crippen molar-refractivity contribution in [3.63, 3.8) is 0 Å². The third-order valence-corrected chi connectivity index (χ3v) is 2.88. The highest BCUT2D eigenvalue weighted by Crippen LogP contribution is 2.29. The van der Waals surface area contributed by atoms with E-state index in [2.05, 4.69) is 6.58 Å². The minimum absolute atomic E-state index is 0.0670. The van der Waals surface area contributed by atoms with Gasteiger partial charge in [-0.2, -0.15) is 5.26 Å². The van der Waals surface area contributed by atoms with Crippen LogP contribution in [0.3, 0.4) is 0 Å². The molecule has 1 fully saturated rings. The first kappa shape index (κ1) is 11.3. The molecule has 1 unspecified atom stereocenters. The summed E-state index contributed by atoms with van der Waals surface area (Å²) in [6.07, 6.45) is 2.08. The number of halogens is 1. The number of anilines is 1. The van der Waals surface area contributed by atoms with E-state index in [0.717, 1.165) is 0 Å². The Morgan fingerprint density at radius 2 is 2.35 bits per heavy atom. The van der Waals surface area contributed by atoms with Crippen molar-refractivity contribution in [2.24, 2.45) is 5.92 Å². The van der Waals surface area contributed by atoms with Crippen LogP contribution in [0.4, 0.5) is 10.1 Å². The van der Waals surface area contributed by atoms with Gasteiger partial charge in [-0.1, -0.05) is 12.1 Å². The van der Waals surface area contributed by atoms with Gasteiger partial charge in [0.25, 0.3) is 0 Å². The molecule has 0 saturated carbocycles. The van der Waals surface area contributed by atoms with E-state index in [4.69, 9.17) is 5.26 Å². The van der Waals surface area contributed by atoms with Crippen molar-refractivity contribution in [1.29, 1.82) is 5.26 Å². The smallest absolute Gasteiger partial charge is 0.227 e. The summed E-state index contributed by atoms with van der Waals surface area (Å²) in [5, 5.41) is 8.92. The number of hydrogen-bond acceptors (Lipinski definition) is 2. The maximum atomic E-state index is 13.4. The Balaban J connectivity index is 2.42. The molecule has 1 aromatic rings. The lowest BCUT2D eigenvalue weighted by Gasteiger charge is -2.17. The molecular formula is C13H11FN2O. The van der Waals surface area contributed by atoms with Crippen LogP contribution in [0, 0.1) is 23.1 Å². The first-order chi connectivity index (χ1) is 8.17. The molecule has 1 atom stereocenters. The highest BCUT2D eigenvalue weighted by atomic mass is 19.1. The van der Waals surface area contributed by atoms with Crippen molar-refractivity contribution in [1.82, 2.24) is 0 Å². The van der Waals surface area contributed by atoms with Gasteiger partial charge >= 0.3 is 0 Å². The number of hydrogen-bond donors (Lipinski definition) is 0. The highest BCUT2D eigenvalue weighted by Gasteiger charge is 2.30. The van der Waals surface area contributed by atoms with E-state index in [1.54, 1.807) is 18.2 Å². The van der Waals surface area contributed by atoms with Crippen molar-refractivity contribution in [3.8, 4) is 6.07 Å². The number of rotatable bonds is 2. The minimum Gasteiger partial charge on any atom is -0.310 e. The van der Waals surface area contributed by atoms with Gasteiger partial charge in [0.05, 0.1) is 5.69 Å². The molecule has 1 amide bonds. The van der Waals surface area contributed by atoms with E-state index in [9.17, 15) is 9.18 Å². The molecule has 1 saturated heterocycles. The quantitative estimate of drug-likeness (QED) is 0.731. The summed E-state index contributed by atoms with van der Waals surface area (Å²) >= 11 is 0. The zero-order valence-electron chi connectivity index (χ0n) is 9.19. The van der Waals surface area contributed by atoms with Crippen LogP contribution in [-0.2, 0) is 4.79 Å². The van der Waals surface area contributed by atoms with Gasteiger partial charge in [-0.25, -0.2) is 4.39 Å². The Labute approximate surface area is 98.8 Å². The van der Waals surface area contributed by atoms with Crippen LogP contribution in [-0.4, -0.2) is 12.5 Å². The Morgan fingerprint density at radius 3 is 2.94 bits per heavy atom. The van der Waals surface area contributed by atoms with Crippen molar-refractivity contribution in [2.75, 3.05) is 11.4 Å². The van der Waals surface area contributed by atoms with Gasteiger partial charge in [-0.05, 0) is 12.1 Å². The number of nitriles is 1. The average Bonchev–Trinajstić information content (AvgIpc) is 2.70. The molecule has 0 spiro atoms. The molecule has 0 radical (unpaired) electrons. The molecule has 0 aromatic heterocycles. The van der Waals surface area contributed by atoms with Gasteiger partial charge in [0, 0.05) is 18.9 Å². The molecular weight excluding hydrogens is 219 g/mol. The van der Waals surface area contributed by atoms with E-state index in [1.165, 1.54) is 17.0 Å². The number of nitrogens with zero attached hydrogens (tertiary/aromatic N) is 2. The Morgan fingerprint density at radius 1 is 1.59 bits per heavy atom. The zero-order valence-corrected chi connectivity index (χ0v) is 9.19. The lowest BCUT2D eigenvalue weighted by atomic mass is 10.1. The fourth-order valence-electron chi connectivity index (χ4n) is 1.97. The third kappa shape index (κ3) is 1.92. The van der Waals surface area contributed by atoms with Crippen LogP contribution in [0.1, 0.15) is 12.0 Å². The van der Waals surface area contributed by atoms with Crippen LogP contribution in [0.5, 0.6) is 0 Å². The predicted octanol–water partition coefficient (Wildman–Crippen LogP) is 2.24. The van der Waals surface area contributed by atoms with Crippen LogP contribution < -0.4 is 4.90 Å². The van der Waals surface area contributed by atoms with Gasteiger partial charge in [0.15, 0.2) is 0 Å². The SMILES string of the molecule is C=CC1CC(=O)N(c2cccc(F)c2C#N)C1. The summed E-state index contributed by atoms with van der Waals surface area (Å²) in [4.78, 5) is 13.2. The topological polar surface area (TPSA) is 44.1 Å². The molecule has 1 heterocycles. The van der Waals surface area contributed by atoms with Crippen LogP contribution in [0.25, 0.3) is 0 Å². The summed E-state index contributed by atoms with van der Waals surface area (Å²) in [5.41, 5.74) is 0.271. The summed E-state index contributed by atoms with van der Waals surface area (Å²) in [6, 6.07) is 6.10. The van der Waals surface area contributed by atoms with Crippen molar-refractivity contribution < 1.29 is 9.18 Å². The predicted molar refractivity (Wildman–Crippen MR) is 61.8 cm³/mol. The fraction of sp³-hybridized carbons (Fsp3) is 0.231. The van der Waals surface area contributed by atoms with Crippen LogP contribution in [0.2, 0.25) is 0 Å². The molecule has 4 heteroatoms. The van der Waals surface area contributed by atoms with Crippen LogP contribution >= 0.6 is 0 Å². The fourth-order valence-corrected chi connectivity index (χ4v) is 1.97. The normalized spacial score (nSPS) is 19.2. The monoisotopic (exact) mass is 230 g/mol. The molecule has 1 aliphatic heterocycles. The van der Waals surface area contributed by atoms with Crippen molar-refractivity contribution >= 4 is 11.6 Å². The first-order valence-corrected chi connectivity index (χ1v) is 5.29. The molecule has 0 N–H and O–H groups in total. The first-order valence-electron chi connectivity index (χ1n) is 5.29. The number of benzene rings is 1. The second-order valence-corrected chi connectivity index (χ2v) is 3.95. The minimum atomic E-state index is -0.597. The van der Waals surface area contributed by atoms with E-state index >= 15 is 0 Å². The van der Waals surface area contributed by atoms with Crippen molar-refractivity contribution in [2.45, 2.75) is 6.42 Å².